The van der Waals surface area contributed by atoms with Crippen LogP contribution in [0.2, 0.25) is 0 Å². The molecule has 1 amide bonds. The Morgan fingerprint density at radius 2 is 1.82 bits per heavy atom. The number of hydrogen-bond acceptors (Lipinski definition) is 6. The zero-order valence-corrected chi connectivity index (χ0v) is 18.1. The second-order valence-electron chi connectivity index (χ2n) is 7.07. The molecule has 3 rings (SSSR count). The molecule has 2 fully saturated rings. The number of nitrogens with two attached hydrogens (primary N) is 1. The lowest BCUT2D eigenvalue weighted by Gasteiger charge is -2.35. The van der Waals surface area contributed by atoms with Crippen LogP contribution in [0.5, 0.6) is 11.5 Å². The molecule has 1 aromatic rings. The van der Waals surface area contributed by atoms with Crippen LogP contribution in [0.25, 0.3) is 0 Å². The third kappa shape index (κ3) is 5.35. The molecule has 0 aromatic heterocycles. The van der Waals surface area contributed by atoms with Gasteiger partial charge in [0.2, 0.25) is 5.91 Å². The molecule has 2 saturated heterocycles. The number of amides is 1. The fourth-order valence-corrected chi connectivity index (χ4v) is 3.71. The minimum Gasteiger partial charge on any atom is -0.497 e. The van der Waals surface area contributed by atoms with Crippen LogP contribution in [-0.4, -0.2) is 59.0 Å². The van der Waals surface area contributed by atoms with Gasteiger partial charge in [0.15, 0.2) is 0 Å². The van der Waals surface area contributed by atoms with E-state index in [0.29, 0.717) is 32.6 Å². The predicted octanol–water partition coefficient (Wildman–Crippen LogP) is 2.00. The van der Waals surface area contributed by atoms with E-state index in [1.165, 1.54) is 0 Å². The number of carbonyl (C=O) groups excluding carboxylic acids is 1. The topological polar surface area (TPSA) is 86.1 Å². The summed E-state index contributed by atoms with van der Waals surface area (Å²) >= 11 is 0. The van der Waals surface area contributed by atoms with Crippen LogP contribution >= 0.6 is 24.8 Å². The van der Waals surface area contributed by atoms with Crippen molar-refractivity contribution < 1.29 is 19.0 Å². The van der Waals surface area contributed by atoms with Crippen molar-refractivity contribution in [1.29, 1.82) is 0 Å². The van der Waals surface area contributed by atoms with E-state index >= 15 is 0 Å². The van der Waals surface area contributed by atoms with Gasteiger partial charge in [0.1, 0.15) is 11.5 Å². The molecule has 2 heterocycles. The molecule has 3 N–H and O–H groups in total. The summed E-state index contributed by atoms with van der Waals surface area (Å²) in [4.78, 5) is 15.1. The SMILES string of the molecule is COc1cc(OC)cc(N2CCC(NC(=O)C3(CN)CCOCC3)C2)c1.Cl.Cl. The van der Waals surface area contributed by atoms with Crippen LogP contribution in [0.15, 0.2) is 18.2 Å². The van der Waals surface area contributed by atoms with Gasteiger partial charge in [-0.2, -0.15) is 0 Å². The average Bonchev–Trinajstić information content (AvgIpc) is 3.16. The van der Waals surface area contributed by atoms with Gasteiger partial charge in [-0.3, -0.25) is 4.79 Å². The summed E-state index contributed by atoms with van der Waals surface area (Å²) in [6.45, 7) is 3.21. The molecular formula is C19H31Cl2N3O4. The van der Waals surface area contributed by atoms with Crippen LogP contribution < -0.4 is 25.4 Å². The molecule has 1 atom stereocenters. The minimum atomic E-state index is -0.481. The monoisotopic (exact) mass is 435 g/mol. The Hall–Kier alpha value is -1.41. The Morgan fingerprint density at radius 1 is 1.21 bits per heavy atom. The second-order valence-corrected chi connectivity index (χ2v) is 7.07. The van der Waals surface area contributed by atoms with E-state index in [9.17, 15) is 4.79 Å². The number of halogens is 2. The Bertz CT molecular complexity index is 619. The standard InChI is InChI=1S/C19H29N3O4.2ClH/c1-24-16-9-15(10-17(11-16)25-2)22-6-3-14(12-22)21-18(23)19(13-20)4-7-26-8-5-19;;/h9-11,14H,3-8,12-13,20H2,1-2H3,(H,21,23);2*1H. The first-order valence-electron chi connectivity index (χ1n) is 9.17. The summed E-state index contributed by atoms with van der Waals surface area (Å²) in [5.74, 6) is 1.59. The highest BCUT2D eigenvalue weighted by Crippen LogP contribution is 2.32. The van der Waals surface area contributed by atoms with E-state index in [-0.39, 0.29) is 36.8 Å². The number of ether oxygens (including phenoxy) is 3. The summed E-state index contributed by atoms with van der Waals surface area (Å²) in [5.41, 5.74) is 6.50. The molecule has 0 spiro atoms. The van der Waals surface area contributed by atoms with Gasteiger partial charge in [0, 0.05) is 62.8 Å². The highest BCUT2D eigenvalue weighted by Gasteiger charge is 2.40. The van der Waals surface area contributed by atoms with Gasteiger partial charge in [0.05, 0.1) is 19.6 Å². The largest absolute Gasteiger partial charge is 0.497 e. The fraction of sp³-hybridized carbons (Fsp3) is 0.632. The third-order valence-corrected chi connectivity index (χ3v) is 5.55. The molecule has 1 aromatic carbocycles. The molecule has 28 heavy (non-hydrogen) atoms. The Kier molecular flexibility index (Phi) is 9.63. The third-order valence-electron chi connectivity index (χ3n) is 5.55. The van der Waals surface area contributed by atoms with E-state index < -0.39 is 5.41 Å². The van der Waals surface area contributed by atoms with Gasteiger partial charge in [-0.15, -0.1) is 24.8 Å². The number of carbonyl (C=O) groups is 1. The maximum absolute atomic E-state index is 12.8. The van der Waals surface area contributed by atoms with Crippen molar-refractivity contribution in [2.24, 2.45) is 11.1 Å². The number of benzene rings is 1. The molecule has 160 valence electrons. The second kappa shape index (κ2) is 11.0. The average molecular weight is 436 g/mol. The minimum absolute atomic E-state index is 0. The molecule has 9 heteroatoms. The van der Waals surface area contributed by atoms with Crippen molar-refractivity contribution in [3.8, 4) is 11.5 Å². The molecule has 2 aliphatic heterocycles. The van der Waals surface area contributed by atoms with E-state index in [1.807, 2.05) is 18.2 Å². The summed E-state index contributed by atoms with van der Waals surface area (Å²) in [6.07, 6.45) is 2.29. The molecule has 1 unspecified atom stereocenters. The number of rotatable bonds is 6. The lowest BCUT2D eigenvalue weighted by Crippen LogP contribution is -2.52. The number of methoxy groups -OCH3 is 2. The highest BCUT2D eigenvalue weighted by molar-refractivity contribution is 5.85. The molecular weight excluding hydrogens is 405 g/mol. The smallest absolute Gasteiger partial charge is 0.227 e. The zero-order chi connectivity index (χ0) is 18.6. The van der Waals surface area contributed by atoms with Crippen molar-refractivity contribution in [3.63, 3.8) is 0 Å². The highest BCUT2D eigenvalue weighted by atomic mass is 35.5. The maximum Gasteiger partial charge on any atom is 0.227 e. The first-order valence-corrected chi connectivity index (χ1v) is 9.17. The van der Waals surface area contributed by atoms with E-state index in [4.69, 9.17) is 19.9 Å². The normalized spacial score (nSPS) is 20.5. The van der Waals surface area contributed by atoms with Crippen molar-refractivity contribution in [1.82, 2.24) is 5.32 Å². The van der Waals surface area contributed by atoms with Crippen LogP contribution in [0, 0.1) is 5.41 Å². The molecule has 7 nitrogen and oxygen atoms in total. The lowest BCUT2D eigenvalue weighted by molar-refractivity contribution is -0.136. The summed E-state index contributed by atoms with van der Waals surface area (Å²) in [7, 11) is 3.29. The van der Waals surface area contributed by atoms with Crippen LogP contribution in [0.4, 0.5) is 5.69 Å². The van der Waals surface area contributed by atoms with Gasteiger partial charge in [-0.25, -0.2) is 0 Å². The Labute approximate surface area is 179 Å². The van der Waals surface area contributed by atoms with Gasteiger partial charge in [0.25, 0.3) is 0 Å². The quantitative estimate of drug-likeness (QED) is 0.710. The van der Waals surface area contributed by atoms with Gasteiger partial charge in [-0.05, 0) is 19.3 Å². The van der Waals surface area contributed by atoms with E-state index in [0.717, 1.165) is 36.7 Å². The van der Waals surface area contributed by atoms with Gasteiger partial charge < -0.3 is 30.2 Å². The zero-order valence-electron chi connectivity index (χ0n) is 16.4. The van der Waals surface area contributed by atoms with Crippen LogP contribution in [0.3, 0.4) is 0 Å². The number of hydrogen-bond donors (Lipinski definition) is 2. The van der Waals surface area contributed by atoms with E-state index in [2.05, 4.69) is 10.2 Å². The van der Waals surface area contributed by atoms with Crippen molar-refractivity contribution in [2.45, 2.75) is 25.3 Å². The summed E-state index contributed by atoms with van der Waals surface area (Å²) in [6, 6.07) is 5.96. The number of nitrogens with zero attached hydrogens (tertiary/aromatic N) is 1. The summed E-state index contributed by atoms with van der Waals surface area (Å²) in [5, 5.41) is 3.22. The molecule has 0 bridgehead atoms. The predicted molar refractivity (Wildman–Crippen MR) is 114 cm³/mol. The maximum atomic E-state index is 12.8. The summed E-state index contributed by atoms with van der Waals surface area (Å²) < 4.78 is 16.1. The first-order chi connectivity index (χ1) is 12.6. The number of nitrogens with one attached hydrogen (secondary N) is 1. The van der Waals surface area contributed by atoms with Crippen LogP contribution in [0.1, 0.15) is 19.3 Å². The fourth-order valence-electron chi connectivity index (χ4n) is 3.71. The molecule has 0 saturated carbocycles. The molecule has 2 aliphatic rings. The molecule has 0 aliphatic carbocycles. The number of anilines is 1. The van der Waals surface area contributed by atoms with Crippen molar-refractivity contribution in [3.05, 3.63) is 18.2 Å². The first kappa shape index (κ1) is 24.6. The Balaban J connectivity index is 0.00000196. The van der Waals surface area contributed by atoms with Crippen molar-refractivity contribution in [2.75, 3.05) is 52.0 Å². The van der Waals surface area contributed by atoms with E-state index in [1.54, 1.807) is 14.2 Å². The molecule has 0 radical (unpaired) electrons. The lowest BCUT2D eigenvalue weighted by atomic mass is 9.79. The Morgan fingerprint density at radius 3 is 2.36 bits per heavy atom. The van der Waals surface area contributed by atoms with Crippen molar-refractivity contribution >= 4 is 36.4 Å². The van der Waals surface area contributed by atoms with Crippen LogP contribution in [-0.2, 0) is 9.53 Å². The van der Waals surface area contributed by atoms with Gasteiger partial charge in [-0.1, -0.05) is 0 Å². The van der Waals surface area contributed by atoms with Gasteiger partial charge >= 0.3 is 0 Å².